The number of ether oxygens (including phenoxy) is 1. The summed E-state index contributed by atoms with van der Waals surface area (Å²) in [6.07, 6.45) is 79.5. The van der Waals surface area contributed by atoms with Gasteiger partial charge in [-0.1, -0.05) is 333 Å². The minimum Gasteiger partial charge on any atom is -0.466 e. The summed E-state index contributed by atoms with van der Waals surface area (Å²) in [5.41, 5.74) is 0. The molecule has 0 aliphatic rings. The summed E-state index contributed by atoms with van der Waals surface area (Å²) >= 11 is 0. The van der Waals surface area contributed by atoms with Crippen molar-refractivity contribution in [3.8, 4) is 0 Å². The van der Waals surface area contributed by atoms with Gasteiger partial charge in [0.1, 0.15) is 0 Å². The summed E-state index contributed by atoms with van der Waals surface area (Å²) in [4.78, 5) is 24.5. The van der Waals surface area contributed by atoms with Crippen molar-refractivity contribution >= 4 is 11.9 Å². The highest BCUT2D eigenvalue weighted by Crippen LogP contribution is 2.19. The molecule has 0 aromatic carbocycles. The van der Waals surface area contributed by atoms with Crippen LogP contribution in [0.3, 0.4) is 0 Å². The number of aliphatic hydroxyl groups excluding tert-OH is 3. The number of carbonyl (C=O) groups is 2. The highest BCUT2D eigenvalue weighted by molar-refractivity contribution is 5.76. The van der Waals surface area contributed by atoms with Crippen LogP contribution in [0.5, 0.6) is 0 Å². The molecule has 454 valence electrons. The lowest BCUT2D eigenvalue weighted by molar-refractivity contribution is -0.143. The van der Waals surface area contributed by atoms with Crippen molar-refractivity contribution in [1.29, 1.82) is 0 Å². The van der Waals surface area contributed by atoms with Crippen LogP contribution in [-0.4, -0.2) is 58.7 Å². The lowest BCUT2D eigenvalue weighted by Crippen LogP contribution is -2.45. The van der Waals surface area contributed by atoms with E-state index in [0.29, 0.717) is 25.9 Å². The highest BCUT2D eigenvalue weighted by Gasteiger charge is 2.18. The van der Waals surface area contributed by atoms with Gasteiger partial charge in [0.2, 0.25) is 5.91 Å². The Labute approximate surface area is 479 Å². The van der Waals surface area contributed by atoms with Gasteiger partial charge in [-0.2, -0.15) is 0 Å². The van der Waals surface area contributed by atoms with Crippen LogP contribution in [0.25, 0.3) is 0 Å². The van der Waals surface area contributed by atoms with E-state index in [9.17, 15) is 24.9 Å². The topological polar surface area (TPSA) is 116 Å². The number of hydrogen-bond donors (Lipinski definition) is 4. The summed E-state index contributed by atoms with van der Waals surface area (Å²) in [6, 6.07) is -0.747. The molecule has 0 bridgehead atoms. The van der Waals surface area contributed by atoms with Crippen LogP contribution >= 0.6 is 0 Å². The first kappa shape index (κ1) is 75.0. The molecule has 3 atom stereocenters. The van der Waals surface area contributed by atoms with Gasteiger partial charge in [-0.3, -0.25) is 9.59 Å². The van der Waals surface area contributed by atoms with E-state index in [-0.39, 0.29) is 18.5 Å². The number of rotatable bonds is 64. The fraction of sp³-hybridized carbons (Fsp3) is 0.886. The third kappa shape index (κ3) is 61.5. The van der Waals surface area contributed by atoms with Crippen molar-refractivity contribution in [2.75, 3.05) is 13.2 Å². The van der Waals surface area contributed by atoms with Crippen LogP contribution in [0.1, 0.15) is 367 Å². The first-order chi connectivity index (χ1) is 37.9. The Morgan fingerprint density at radius 3 is 1.12 bits per heavy atom. The smallest absolute Gasteiger partial charge is 0.305 e. The number of allylic oxidation sites excluding steroid dienone is 4. The molecule has 1 amide bonds. The van der Waals surface area contributed by atoms with Crippen LogP contribution in [0.2, 0.25) is 0 Å². The van der Waals surface area contributed by atoms with E-state index in [1.54, 1.807) is 6.08 Å². The standard InChI is InChI=1S/C70H133NO6/c1-3-5-7-9-11-13-15-16-34-38-41-45-49-53-57-61-70(76)77-64-58-54-50-46-42-39-36-33-31-29-27-25-23-21-19-17-18-20-22-24-26-28-30-32-35-37-40-44-48-52-56-60-69(75)71-67(65-72)68(74)63-62-66(73)59-55-51-47-43-14-12-10-8-6-4-2/h11,13,16,34,62-63,66-68,72-74H,3-10,12,14-15,17-33,35-61,64-65H2,1-2H3,(H,71,75)/b13-11-,34-16-,63-62+/t66-,67+,68-/m1/s1. The second kappa shape index (κ2) is 64.9. The highest BCUT2D eigenvalue weighted by atomic mass is 16.5. The number of amides is 1. The first-order valence-electron chi connectivity index (χ1n) is 34.3. The molecule has 0 heterocycles. The van der Waals surface area contributed by atoms with Crippen LogP contribution < -0.4 is 5.32 Å². The molecule has 7 nitrogen and oxygen atoms in total. The second-order valence-electron chi connectivity index (χ2n) is 23.7. The molecule has 0 unspecified atom stereocenters. The minimum absolute atomic E-state index is 0.00423. The van der Waals surface area contributed by atoms with Gasteiger partial charge in [-0.15, -0.1) is 0 Å². The Morgan fingerprint density at radius 2 is 0.714 bits per heavy atom. The maximum absolute atomic E-state index is 12.5. The summed E-state index contributed by atoms with van der Waals surface area (Å²) in [7, 11) is 0. The van der Waals surface area contributed by atoms with Gasteiger partial charge in [0.05, 0.1) is 31.5 Å². The minimum atomic E-state index is -1.02. The maximum Gasteiger partial charge on any atom is 0.305 e. The second-order valence-corrected chi connectivity index (χ2v) is 23.7. The zero-order valence-corrected chi connectivity index (χ0v) is 51.6. The van der Waals surface area contributed by atoms with Crippen LogP contribution in [0, 0.1) is 0 Å². The molecule has 0 radical (unpaired) electrons. The molecule has 0 aliphatic carbocycles. The zero-order valence-electron chi connectivity index (χ0n) is 51.6. The molecule has 77 heavy (non-hydrogen) atoms. The quantitative estimate of drug-likeness (QED) is 0.0274. The Hall–Kier alpha value is -1.96. The molecule has 0 fully saturated rings. The SMILES string of the molecule is CCCCC/C=C\C/C=C\CCCCCCCC(=O)OCCCCCCCCCCCCCCCCCCCCCCCCCCCCCCCCCC(=O)N[C@@H](CO)[C@H](O)/C=C/[C@H](O)CCCCCCCCCCCC. The molecule has 0 aromatic rings. The summed E-state index contributed by atoms with van der Waals surface area (Å²) in [5, 5.41) is 33.4. The van der Waals surface area contributed by atoms with Gasteiger partial charge in [0.15, 0.2) is 0 Å². The van der Waals surface area contributed by atoms with Gasteiger partial charge in [-0.05, 0) is 57.8 Å². The summed E-state index contributed by atoms with van der Waals surface area (Å²) in [6.45, 7) is 4.78. The van der Waals surface area contributed by atoms with Gasteiger partial charge in [0.25, 0.3) is 0 Å². The monoisotopic (exact) mass is 1080 g/mol. The summed E-state index contributed by atoms with van der Waals surface area (Å²) in [5.74, 6) is -0.123. The van der Waals surface area contributed by atoms with Gasteiger partial charge < -0.3 is 25.4 Å². The van der Waals surface area contributed by atoms with E-state index in [1.807, 2.05) is 0 Å². The predicted molar refractivity (Wildman–Crippen MR) is 335 cm³/mol. The molecule has 0 rings (SSSR count). The lowest BCUT2D eigenvalue weighted by atomic mass is 10.0. The third-order valence-electron chi connectivity index (χ3n) is 16.0. The Kier molecular flexibility index (Phi) is 63.2. The molecular weight excluding hydrogens is 951 g/mol. The van der Waals surface area contributed by atoms with E-state index >= 15 is 0 Å². The number of unbranched alkanes of at least 4 members (excludes halogenated alkanes) is 47. The molecule has 0 saturated heterocycles. The van der Waals surface area contributed by atoms with Gasteiger partial charge in [-0.25, -0.2) is 0 Å². The fourth-order valence-electron chi connectivity index (χ4n) is 10.7. The number of aliphatic hydroxyl groups is 3. The van der Waals surface area contributed by atoms with Crippen molar-refractivity contribution < 1.29 is 29.6 Å². The third-order valence-corrected chi connectivity index (χ3v) is 16.0. The molecule has 4 N–H and O–H groups in total. The predicted octanol–water partition coefficient (Wildman–Crippen LogP) is 20.9. The van der Waals surface area contributed by atoms with E-state index in [1.165, 1.54) is 282 Å². The largest absolute Gasteiger partial charge is 0.466 e. The number of esters is 1. The first-order valence-corrected chi connectivity index (χ1v) is 34.3. The molecule has 7 heteroatoms. The zero-order chi connectivity index (χ0) is 55.8. The van der Waals surface area contributed by atoms with Gasteiger partial charge in [0, 0.05) is 12.8 Å². The molecule has 0 aliphatic heterocycles. The van der Waals surface area contributed by atoms with E-state index in [4.69, 9.17) is 4.74 Å². The number of hydrogen-bond acceptors (Lipinski definition) is 6. The molecule has 0 spiro atoms. The van der Waals surface area contributed by atoms with Crippen LogP contribution in [-0.2, 0) is 14.3 Å². The molecular formula is C70H133NO6. The Morgan fingerprint density at radius 1 is 0.390 bits per heavy atom. The van der Waals surface area contributed by atoms with Crippen molar-refractivity contribution in [3.63, 3.8) is 0 Å². The van der Waals surface area contributed by atoms with E-state index in [2.05, 4.69) is 43.5 Å². The average molecular weight is 1080 g/mol. The van der Waals surface area contributed by atoms with Gasteiger partial charge >= 0.3 is 5.97 Å². The van der Waals surface area contributed by atoms with Crippen LogP contribution in [0.15, 0.2) is 36.5 Å². The lowest BCUT2D eigenvalue weighted by Gasteiger charge is -2.20. The number of carbonyl (C=O) groups excluding carboxylic acids is 2. The maximum atomic E-state index is 12.5. The fourth-order valence-corrected chi connectivity index (χ4v) is 10.7. The van der Waals surface area contributed by atoms with Crippen molar-refractivity contribution in [3.05, 3.63) is 36.5 Å². The normalized spacial score (nSPS) is 13.2. The molecule has 0 aromatic heterocycles. The van der Waals surface area contributed by atoms with Crippen LogP contribution in [0.4, 0.5) is 0 Å². The Balaban J connectivity index is 3.37. The van der Waals surface area contributed by atoms with Crippen molar-refractivity contribution in [2.45, 2.75) is 385 Å². The van der Waals surface area contributed by atoms with E-state index < -0.39 is 18.2 Å². The molecule has 0 saturated carbocycles. The average Bonchev–Trinajstić information content (AvgIpc) is 3.43. The summed E-state index contributed by atoms with van der Waals surface area (Å²) < 4.78 is 5.49. The van der Waals surface area contributed by atoms with Crippen molar-refractivity contribution in [2.24, 2.45) is 0 Å². The Bertz CT molecular complexity index is 1270. The number of nitrogens with one attached hydrogen (secondary N) is 1. The van der Waals surface area contributed by atoms with Crippen molar-refractivity contribution in [1.82, 2.24) is 5.32 Å². The van der Waals surface area contributed by atoms with E-state index in [0.717, 1.165) is 57.8 Å².